The van der Waals surface area contributed by atoms with Crippen LogP contribution in [0.4, 0.5) is 0 Å². The van der Waals surface area contributed by atoms with E-state index in [-0.39, 0.29) is 30.0 Å². The molecule has 0 spiro atoms. The molecular weight excluding hydrogens is 535 g/mol. The summed E-state index contributed by atoms with van der Waals surface area (Å²) in [6, 6.07) is 12.1. The van der Waals surface area contributed by atoms with Gasteiger partial charge < -0.3 is 9.84 Å². The smallest absolute Gasteiger partial charge is 0.352 e. The number of phenols is 1. The first-order valence-electron chi connectivity index (χ1n) is 11.8. The average Bonchev–Trinajstić information content (AvgIpc) is 3.24. The molecule has 2 aliphatic heterocycles. The molecule has 3 heterocycles. The van der Waals surface area contributed by atoms with Crippen LogP contribution in [0, 0.1) is 0 Å². The van der Waals surface area contributed by atoms with Gasteiger partial charge in [-0.05, 0) is 29.8 Å². The summed E-state index contributed by atoms with van der Waals surface area (Å²) in [5.74, 6) is -2.61. The van der Waals surface area contributed by atoms with Gasteiger partial charge in [-0.2, -0.15) is 0 Å². The number of aromatic nitrogens is 3. The predicted octanol–water partition coefficient (Wildman–Crippen LogP) is 2.14. The summed E-state index contributed by atoms with van der Waals surface area (Å²) < 4.78 is 9.10. The summed E-state index contributed by atoms with van der Waals surface area (Å²) in [6.07, 6.45) is 1.47. The number of carbonyl (C=O) groups is 2. The van der Waals surface area contributed by atoms with Gasteiger partial charge in [-0.1, -0.05) is 30.3 Å². The third-order valence-electron chi connectivity index (χ3n) is 7.85. The number of phenolic OH excluding ortho intramolecular Hbond substituents is 1. The number of likely N-dealkylation sites (tertiary alicyclic amines) is 1. The number of ether oxygens (including phenoxy) is 1. The molecular formula is C26H22Cl2N4O6. The van der Waals surface area contributed by atoms with Gasteiger partial charge in [0, 0.05) is 24.9 Å². The zero-order valence-electron chi connectivity index (χ0n) is 20.3. The summed E-state index contributed by atoms with van der Waals surface area (Å²) in [7, 11) is 2.70. The number of hydrogen-bond donors (Lipinski definition) is 1. The van der Waals surface area contributed by atoms with Crippen molar-refractivity contribution in [3.05, 3.63) is 86.7 Å². The fourth-order valence-electron chi connectivity index (χ4n) is 6.12. The number of benzene rings is 2. The molecule has 2 aromatic carbocycles. The highest BCUT2D eigenvalue weighted by Crippen LogP contribution is 2.64. The molecule has 1 aromatic heterocycles. The lowest BCUT2D eigenvalue weighted by atomic mass is 9.64. The number of fused-ring (bicyclic) bond motifs is 4. The van der Waals surface area contributed by atoms with Gasteiger partial charge in [0.15, 0.2) is 9.75 Å². The summed E-state index contributed by atoms with van der Waals surface area (Å²) in [5, 5.41) is 11.0. The fraction of sp³-hybridized carbons (Fsp3) is 0.308. The Balaban J connectivity index is 1.65. The third-order valence-corrected chi connectivity index (χ3v) is 9.26. The highest BCUT2D eigenvalue weighted by atomic mass is 35.5. The van der Waals surface area contributed by atoms with E-state index in [0.29, 0.717) is 11.3 Å². The Morgan fingerprint density at radius 2 is 1.68 bits per heavy atom. The van der Waals surface area contributed by atoms with Crippen LogP contribution in [-0.4, -0.2) is 59.7 Å². The van der Waals surface area contributed by atoms with Gasteiger partial charge in [0.1, 0.15) is 11.5 Å². The Morgan fingerprint density at radius 1 is 0.974 bits per heavy atom. The number of rotatable bonds is 3. The topological polar surface area (TPSA) is 116 Å². The van der Waals surface area contributed by atoms with Crippen molar-refractivity contribution in [3.8, 4) is 17.2 Å². The highest BCUT2D eigenvalue weighted by molar-refractivity contribution is 6.53. The SMILES string of the molecule is COc1cccc(O)c1[C@H]1C2=CCn3c(=O)n(-c4ccccc4)c(=O)n3[C@@H]2C[C@@]2(Cl)C(=O)N(C)C(=O)[C@@]12Cl. The van der Waals surface area contributed by atoms with Crippen molar-refractivity contribution in [2.75, 3.05) is 14.2 Å². The number of hydrogen-bond acceptors (Lipinski definition) is 6. The van der Waals surface area contributed by atoms with Crippen LogP contribution in [0.25, 0.3) is 5.69 Å². The largest absolute Gasteiger partial charge is 0.508 e. The van der Waals surface area contributed by atoms with E-state index in [1.165, 1.54) is 29.6 Å². The molecule has 1 saturated carbocycles. The molecule has 10 nitrogen and oxygen atoms in total. The van der Waals surface area contributed by atoms with Crippen molar-refractivity contribution in [3.63, 3.8) is 0 Å². The van der Waals surface area contributed by atoms with Crippen LogP contribution in [0.15, 0.2) is 69.8 Å². The molecule has 3 aliphatic rings. The normalized spacial score (nSPS) is 28.0. The Morgan fingerprint density at radius 3 is 2.37 bits per heavy atom. The van der Waals surface area contributed by atoms with Gasteiger partial charge in [0.05, 0.1) is 25.4 Å². The van der Waals surface area contributed by atoms with E-state index < -0.39 is 44.9 Å². The predicted molar refractivity (Wildman–Crippen MR) is 138 cm³/mol. The van der Waals surface area contributed by atoms with Crippen molar-refractivity contribution in [2.45, 2.75) is 34.7 Å². The van der Waals surface area contributed by atoms with Gasteiger partial charge in [0.25, 0.3) is 11.8 Å². The maximum Gasteiger partial charge on any atom is 0.352 e. The molecule has 1 saturated heterocycles. The van der Waals surface area contributed by atoms with Gasteiger partial charge in [-0.15, -0.1) is 23.2 Å². The molecule has 6 rings (SSSR count). The van der Waals surface area contributed by atoms with Crippen LogP contribution in [0.1, 0.15) is 23.9 Å². The zero-order valence-corrected chi connectivity index (χ0v) is 21.8. The molecule has 38 heavy (non-hydrogen) atoms. The van der Waals surface area contributed by atoms with Crippen molar-refractivity contribution in [1.29, 1.82) is 0 Å². The van der Waals surface area contributed by atoms with Crippen molar-refractivity contribution >= 4 is 35.0 Å². The molecule has 12 heteroatoms. The number of carbonyl (C=O) groups excluding carboxylic acids is 2. The van der Waals surface area contributed by atoms with E-state index in [4.69, 9.17) is 27.9 Å². The lowest BCUT2D eigenvalue weighted by molar-refractivity contribution is -0.137. The van der Waals surface area contributed by atoms with E-state index in [2.05, 4.69) is 0 Å². The number of methoxy groups -OCH3 is 1. The molecule has 0 unspecified atom stereocenters. The molecule has 3 aromatic rings. The van der Waals surface area contributed by atoms with Crippen LogP contribution in [0.2, 0.25) is 0 Å². The first-order valence-corrected chi connectivity index (χ1v) is 12.6. The van der Waals surface area contributed by atoms with Crippen LogP contribution in [0.3, 0.4) is 0 Å². The average molecular weight is 557 g/mol. The lowest BCUT2D eigenvalue weighted by Crippen LogP contribution is -2.59. The van der Waals surface area contributed by atoms with Crippen molar-refractivity contribution in [2.24, 2.45) is 0 Å². The Kier molecular flexibility index (Phi) is 5.25. The Bertz CT molecular complexity index is 1670. The molecule has 0 bridgehead atoms. The quantitative estimate of drug-likeness (QED) is 0.300. The van der Waals surface area contributed by atoms with Crippen LogP contribution in [0.5, 0.6) is 11.5 Å². The minimum Gasteiger partial charge on any atom is -0.508 e. The van der Waals surface area contributed by atoms with Crippen LogP contribution in [-0.2, 0) is 16.1 Å². The molecule has 1 N–H and O–H groups in total. The number of halogens is 2. The van der Waals surface area contributed by atoms with E-state index >= 15 is 0 Å². The Hall–Kier alpha value is -3.76. The molecule has 4 atom stereocenters. The van der Waals surface area contributed by atoms with Crippen molar-refractivity contribution in [1.82, 2.24) is 18.8 Å². The maximum absolute atomic E-state index is 13.8. The number of para-hydroxylation sites is 1. The summed E-state index contributed by atoms with van der Waals surface area (Å²) >= 11 is 14.2. The first kappa shape index (κ1) is 24.6. The second-order valence-electron chi connectivity index (χ2n) is 9.60. The molecule has 1 aliphatic carbocycles. The maximum atomic E-state index is 13.8. The zero-order chi connectivity index (χ0) is 27.1. The van der Waals surface area contributed by atoms with E-state index in [9.17, 15) is 24.3 Å². The van der Waals surface area contributed by atoms with E-state index in [1.807, 2.05) is 0 Å². The number of amides is 2. The molecule has 2 amide bonds. The summed E-state index contributed by atoms with van der Waals surface area (Å²) in [6.45, 7) is -0.00756. The minimum absolute atomic E-state index is 0.00756. The summed E-state index contributed by atoms with van der Waals surface area (Å²) in [4.78, 5) is 51.1. The Labute approximate surface area is 225 Å². The number of nitrogens with zero attached hydrogens (tertiary/aromatic N) is 4. The highest BCUT2D eigenvalue weighted by Gasteiger charge is 2.75. The van der Waals surface area contributed by atoms with Crippen LogP contribution < -0.4 is 16.1 Å². The van der Waals surface area contributed by atoms with E-state index in [0.717, 1.165) is 9.47 Å². The summed E-state index contributed by atoms with van der Waals surface area (Å²) in [5.41, 5.74) is -0.182. The minimum atomic E-state index is -2.04. The lowest BCUT2D eigenvalue weighted by Gasteiger charge is -2.49. The second kappa shape index (κ2) is 8.12. The standard InChI is InChI=1S/C26H22Cl2N4O6/c1-29-21(34)25(27)13-16-15(20(26(25,28)22(29)35)19-17(33)9-6-10-18(19)38-2)11-12-30-23(36)31(24(37)32(16)30)14-7-4-3-5-8-14/h3-11,16,20,33H,12-13H2,1-2H3/t16-,20-,25-,26+/m1/s1. The fourth-order valence-corrected chi connectivity index (χ4v) is 7.10. The van der Waals surface area contributed by atoms with Crippen LogP contribution >= 0.6 is 23.2 Å². The number of alkyl halides is 2. The molecule has 0 radical (unpaired) electrons. The molecule has 2 fully saturated rings. The van der Waals surface area contributed by atoms with Crippen molar-refractivity contribution < 1.29 is 19.4 Å². The van der Waals surface area contributed by atoms with Gasteiger partial charge in [0.2, 0.25) is 0 Å². The monoisotopic (exact) mass is 556 g/mol. The first-order chi connectivity index (χ1) is 18.1. The number of allylic oxidation sites excluding steroid dienone is 2. The van der Waals surface area contributed by atoms with Gasteiger partial charge in [-0.25, -0.2) is 23.5 Å². The molecule has 196 valence electrons. The number of aromatic hydroxyl groups is 1. The third kappa shape index (κ3) is 2.84. The second-order valence-corrected chi connectivity index (χ2v) is 10.8. The van der Waals surface area contributed by atoms with Gasteiger partial charge >= 0.3 is 11.4 Å². The number of imide groups is 1. The van der Waals surface area contributed by atoms with E-state index in [1.54, 1.807) is 48.5 Å². The van der Waals surface area contributed by atoms with Gasteiger partial charge in [-0.3, -0.25) is 14.5 Å².